The summed E-state index contributed by atoms with van der Waals surface area (Å²) in [6, 6.07) is 6.14. The average Bonchev–Trinajstić information content (AvgIpc) is 2.91. The van der Waals surface area contributed by atoms with Crippen molar-refractivity contribution >= 4 is 22.9 Å². The van der Waals surface area contributed by atoms with Crippen LogP contribution in [-0.2, 0) is 24.3 Å². The van der Waals surface area contributed by atoms with Crippen molar-refractivity contribution in [1.82, 2.24) is 9.88 Å². The molecule has 0 radical (unpaired) electrons. The van der Waals surface area contributed by atoms with Crippen LogP contribution in [0.15, 0.2) is 29.8 Å². The lowest BCUT2D eigenvalue weighted by molar-refractivity contribution is -0.114. The van der Waals surface area contributed by atoms with Crippen LogP contribution in [0.4, 0.5) is 5.69 Å². The second-order valence-corrected chi connectivity index (χ2v) is 5.99. The Morgan fingerprint density at radius 2 is 2.40 bits per heavy atom. The molecule has 20 heavy (non-hydrogen) atoms. The van der Waals surface area contributed by atoms with Crippen molar-refractivity contribution in [2.24, 2.45) is 0 Å². The number of benzene rings is 1. The average molecular weight is 287 g/mol. The molecule has 0 bridgehead atoms. The van der Waals surface area contributed by atoms with Gasteiger partial charge < -0.3 is 5.32 Å². The first-order valence-electron chi connectivity index (χ1n) is 6.71. The number of carbonyl (C=O) groups excluding carboxylic acids is 1. The first-order valence-corrected chi connectivity index (χ1v) is 7.59. The maximum absolute atomic E-state index is 11.2. The van der Waals surface area contributed by atoms with Gasteiger partial charge in [0.25, 0.3) is 0 Å². The van der Waals surface area contributed by atoms with Crippen LogP contribution in [0.5, 0.6) is 0 Å². The molecule has 0 saturated carbocycles. The molecule has 1 N–H and O–H groups in total. The molecule has 4 nitrogen and oxygen atoms in total. The van der Waals surface area contributed by atoms with Gasteiger partial charge in [-0.15, -0.1) is 11.3 Å². The summed E-state index contributed by atoms with van der Waals surface area (Å²) in [7, 11) is 0. The lowest BCUT2D eigenvalue weighted by atomic mass is 9.97. The van der Waals surface area contributed by atoms with E-state index >= 15 is 0 Å². The zero-order valence-electron chi connectivity index (χ0n) is 11.4. The van der Waals surface area contributed by atoms with Crippen LogP contribution in [-0.4, -0.2) is 22.3 Å². The Morgan fingerprint density at radius 3 is 3.15 bits per heavy atom. The van der Waals surface area contributed by atoms with E-state index in [1.54, 1.807) is 18.3 Å². The first kappa shape index (κ1) is 13.3. The van der Waals surface area contributed by atoms with Gasteiger partial charge in [0.1, 0.15) is 5.01 Å². The van der Waals surface area contributed by atoms with Crippen LogP contribution in [0.2, 0.25) is 0 Å². The Bertz CT molecular complexity index is 610. The van der Waals surface area contributed by atoms with E-state index in [-0.39, 0.29) is 5.91 Å². The zero-order chi connectivity index (χ0) is 13.9. The topological polar surface area (TPSA) is 45.2 Å². The first-order chi connectivity index (χ1) is 9.72. The molecule has 5 heteroatoms. The Hall–Kier alpha value is -1.72. The van der Waals surface area contributed by atoms with Crippen molar-refractivity contribution < 1.29 is 4.79 Å². The highest BCUT2D eigenvalue weighted by Gasteiger charge is 2.19. The van der Waals surface area contributed by atoms with Gasteiger partial charge in [-0.25, -0.2) is 4.98 Å². The lowest BCUT2D eigenvalue weighted by Gasteiger charge is -2.29. The lowest BCUT2D eigenvalue weighted by Crippen LogP contribution is -2.30. The minimum Gasteiger partial charge on any atom is -0.326 e. The number of fused-ring (bicyclic) bond motifs is 1. The molecule has 1 aromatic carbocycles. The van der Waals surface area contributed by atoms with Crippen molar-refractivity contribution in [3.05, 3.63) is 45.9 Å². The van der Waals surface area contributed by atoms with Gasteiger partial charge in [-0.3, -0.25) is 9.69 Å². The maximum Gasteiger partial charge on any atom is 0.221 e. The number of carbonyl (C=O) groups is 1. The fourth-order valence-electron chi connectivity index (χ4n) is 2.63. The zero-order valence-corrected chi connectivity index (χ0v) is 12.2. The molecule has 1 aliphatic rings. The van der Waals surface area contributed by atoms with Crippen molar-refractivity contribution in [1.29, 1.82) is 0 Å². The smallest absolute Gasteiger partial charge is 0.221 e. The number of aromatic nitrogens is 1. The predicted octanol–water partition coefficient (Wildman–Crippen LogP) is 2.66. The molecule has 1 aliphatic heterocycles. The molecule has 2 heterocycles. The molecule has 0 unspecified atom stereocenters. The monoisotopic (exact) mass is 287 g/mol. The number of hydrogen-bond donors (Lipinski definition) is 1. The quantitative estimate of drug-likeness (QED) is 0.944. The molecular formula is C15H17N3OS. The van der Waals surface area contributed by atoms with Crippen LogP contribution in [0.1, 0.15) is 23.1 Å². The molecule has 1 aromatic heterocycles. The second-order valence-electron chi connectivity index (χ2n) is 5.01. The molecule has 0 atom stereocenters. The van der Waals surface area contributed by atoms with Gasteiger partial charge in [0, 0.05) is 37.3 Å². The van der Waals surface area contributed by atoms with Crippen LogP contribution < -0.4 is 5.32 Å². The summed E-state index contributed by atoms with van der Waals surface area (Å²) in [5.41, 5.74) is 3.54. The normalized spacial score (nSPS) is 14.8. The third-order valence-electron chi connectivity index (χ3n) is 3.50. The summed E-state index contributed by atoms with van der Waals surface area (Å²) in [6.07, 6.45) is 2.82. The van der Waals surface area contributed by atoms with Crippen LogP contribution in [0.3, 0.4) is 0 Å². The summed E-state index contributed by atoms with van der Waals surface area (Å²) < 4.78 is 0. The van der Waals surface area contributed by atoms with Gasteiger partial charge >= 0.3 is 0 Å². The van der Waals surface area contributed by atoms with Gasteiger partial charge in [0.05, 0.1) is 6.54 Å². The molecule has 3 rings (SSSR count). The number of anilines is 1. The van der Waals surface area contributed by atoms with E-state index in [9.17, 15) is 4.79 Å². The Morgan fingerprint density at radius 1 is 1.50 bits per heavy atom. The van der Waals surface area contributed by atoms with Gasteiger partial charge in [0.2, 0.25) is 5.91 Å². The van der Waals surface area contributed by atoms with E-state index < -0.39 is 0 Å². The van der Waals surface area contributed by atoms with Gasteiger partial charge in [-0.05, 0) is 23.6 Å². The largest absolute Gasteiger partial charge is 0.326 e. The van der Waals surface area contributed by atoms with Gasteiger partial charge in [-0.2, -0.15) is 0 Å². The van der Waals surface area contributed by atoms with Gasteiger partial charge in [0.15, 0.2) is 0 Å². The van der Waals surface area contributed by atoms with Crippen molar-refractivity contribution in [3.8, 4) is 0 Å². The van der Waals surface area contributed by atoms with Crippen molar-refractivity contribution in [3.63, 3.8) is 0 Å². The number of nitrogens with one attached hydrogen (secondary N) is 1. The third-order valence-corrected chi connectivity index (χ3v) is 4.26. The van der Waals surface area contributed by atoms with E-state index in [4.69, 9.17) is 0 Å². The Labute approximate surface area is 122 Å². The fourth-order valence-corrected chi connectivity index (χ4v) is 3.29. The highest BCUT2D eigenvalue weighted by atomic mass is 32.1. The molecule has 0 fully saturated rings. The number of thiazole rings is 1. The molecular weight excluding hydrogens is 270 g/mol. The minimum atomic E-state index is -0.0105. The maximum atomic E-state index is 11.2. The minimum absolute atomic E-state index is 0.0105. The van der Waals surface area contributed by atoms with E-state index in [0.29, 0.717) is 0 Å². The fraction of sp³-hybridized carbons (Fsp3) is 0.333. The SMILES string of the molecule is CC(=O)Nc1cccc2c1CCN(Cc1nccs1)C2. The Kier molecular flexibility index (Phi) is 3.80. The molecule has 104 valence electrons. The molecule has 1 amide bonds. The summed E-state index contributed by atoms with van der Waals surface area (Å²) in [5, 5.41) is 6.10. The standard InChI is InChI=1S/C15H17N3OS/c1-11(19)17-14-4-2-3-12-9-18(7-5-13(12)14)10-15-16-6-8-20-15/h2-4,6,8H,5,7,9-10H2,1H3,(H,17,19). The van der Waals surface area contributed by atoms with Crippen molar-refractivity contribution in [2.45, 2.75) is 26.4 Å². The van der Waals surface area contributed by atoms with E-state index in [1.807, 2.05) is 23.7 Å². The van der Waals surface area contributed by atoms with Crippen molar-refractivity contribution in [2.75, 3.05) is 11.9 Å². The third kappa shape index (κ3) is 2.89. The number of nitrogens with zero attached hydrogens (tertiary/aromatic N) is 2. The number of hydrogen-bond acceptors (Lipinski definition) is 4. The summed E-state index contributed by atoms with van der Waals surface area (Å²) in [4.78, 5) is 18.0. The molecule has 0 spiro atoms. The predicted molar refractivity (Wildman–Crippen MR) is 80.7 cm³/mol. The molecule has 0 aliphatic carbocycles. The van der Waals surface area contributed by atoms with Crippen LogP contribution >= 0.6 is 11.3 Å². The summed E-state index contributed by atoms with van der Waals surface area (Å²) in [6.45, 7) is 4.38. The summed E-state index contributed by atoms with van der Waals surface area (Å²) >= 11 is 1.70. The number of amides is 1. The van der Waals surface area contributed by atoms with E-state index in [1.165, 1.54) is 11.1 Å². The highest BCUT2D eigenvalue weighted by Crippen LogP contribution is 2.27. The van der Waals surface area contributed by atoms with E-state index in [0.717, 1.165) is 36.8 Å². The number of rotatable bonds is 3. The Balaban J connectivity index is 1.76. The molecule has 0 saturated heterocycles. The van der Waals surface area contributed by atoms with Crippen LogP contribution in [0, 0.1) is 0 Å². The highest BCUT2D eigenvalue weighted by molar-refractivity contribution is 7.09. The second kappa shape index (κ2) is 5.73. The van der Waals surface area contributed by atoms with Crippen LogP contribution in [0.25, 0.3) is 0 Å². The molecule has 2 aromatic rings. The van der Waals surface area contributed by atoms with Gasteiger partial charge in [-0.1, -0.05) is 12.1 Å². The van der Waals surface area contributed by atoms with E-state index in [2.05, 4.69) is 21.3 Å². The summed E-state index contributed by atoms with van der Waals surface area (Å²) in [5.74, 6) is -0.0105.